The molecule has 0 spiro atoms. The minimum Gasteiger partial charge on any atom is -0.295 e. The maximum absolute atomic E-state index is 12.6. The fourth-order valence-electron chi connectivity index (χ4n) is 3.39. The average Bonchev–Trinajstić information content (AvgIpc) is 3.16. The molecule has 3 aromatic rings. The van der Waals surface area contributed by atoms with Gasteiger partial charge in [0.15, 0.2) is 0 Å². The third kappa shape index (κ3) is 4.74. The van der Waals surface area contributed by atoms with Gasteiger partial charge in [-0.05, 0) is 66.1 Å². The van der Waals surface area contributed by atoms with Crippen LogP contribution in [0.2, 0.25) is 5.02 Å². The number of nitrogens with one attached hydrogen (secondary N) is 1. The van der Waals surface area contributed by atoms with Crippen LogP contribution in [0.1, 0.15) is 23.4 Å². The predicted octanol–water partition coefficient (Wildman–Crippen LogP) is 5.48. The van der Waals surface area contributed by atoms with E-state index in [1.54, 1.807) is 28.8 Å². The summed E-state index contributed by atoms with van der Waals surface area (Å²) < 4.78 is 27.7. The lowest BCUT2D eigenvalue weighted by Gasteiger charge is -2.24. The number of rotatable bonds is 6. The molecule has 1 fully saturated rings. The summed E-state index contributed by atoms with van der Waals surface area (Å²) in [6.45, 7) is 2.09. The number of carbonyl (C=O) groups excluding carboxylic acids is 1. The summed E-state index contributed by atoms with van der Waals surface area (Å²) in [5, 5.41) is 0.322. The Kier molecular flexibility index (Phi) is 6.27. The molecule has 3 aromatic carbocycles. The maximum atomic E-state index is 12.6. The van der Waals surface area contributed by atoms with Crippen molar-refractivity contribution in [3.63, 3.8) is 0 Å². The molecule has 0 aliphatic carbocycles. The van der Waals surface area contributed by atoms with Gasteiger partial charge in [0.2, 0.25) is 5.91 Å². The van der Waals surface area contributed by atoms with E-state index in [0.29, 0.717) is 16.5 Å². The molecule has 1 aliphatic rings. The molecule has 0 aromatic heterocycles. The first kappa shape index (κ1) is 21.7. The molecule has 8 heteroatoms. The van der Waals surface area contributed by atoms with E-state index in [1.807, 2.05) is 36.4 Å². The number of hydrogen-bond acceptors (Lipinski definition) is 4. The predicted molar refractivity (Wildman–Crippen MR) is 127 cm³/mol. The molecule has 0 bridgehead atoms. The fourth-order valence-corrected chi connectivity index (χ4v) is 5.75. The Morgan fingerprint density at radius 3 is 2.26 bits per heavy atom. The number of hydrogen-bond donors (Lipinski definition) is 1. The first-order valence-electron chi connectivity index (χ1n) is 9.78. The number of aryl methyl sites for hydroxylation is 1. The number of halogens is 1. The van der Waals surface area contributed by atoms with Crippen molar-refractivity contribution in [1.82, 2.24) is 0 Å². The van der Waals surface area contributed by atoms with Crippen LogP contribution in [-0.4, -0.2) is 20.1 Å². The van der Waals surface area contributed by atoms with Gasteiger partial charge in [0, 0.05) is 16.4 Å². The van der Waals surface area contributed by atoms with E-state index in [9.17, 15) is 13.2 Å². The van der Waals surface area contributed by atoms with Gasteiger partial charge in [-0.2, -0.15) is 0 Å². The van der Waals surface area contributed by atoms with Gasteiger partial charge in [0.1, 0.15) is 5.37 Å². The van der Waals surface area contributed by atoms with Crippen LogP contribution in [0, 0.1) is 0 Å². The smallest absolute Gasteiger partial charge is 0.261 e. The first-order valence-corrected chi connectivity index (χ1v) is 12.7. The van der Waals surface area contributed by atoms with Gasteiger partial charge in [0.05, 0.1) is 10.6 Å². The number of sulfonamides is 1. The van der Waals surface area contributed by atoms with E-state index in [-0.39, 0.29) is 16.2 Å². The highest BCUT2D eigenvalue weighted by atomic mass is 35.5. The monoisotopic (exact) mass is 472 g/mol. The van der Waals surface area contributed by atoms with Gasteiger partial charge in [0.25, 0.3) is 10.0 Å². The highest BCUT2D eigenvalue weighted by Crippen LogP contribution is 2.42. The van der Waals surface area contributed by atoms with Crippen molar-refractivity contribution in [3.8, 4) is 0 Å². The minimum atomic E-state index is -3.71. The largest absolute Gasteiger partial charge is 0.295 e. The van der Waals surface area contributed by atoms with Gasteiger partial charge in [-0.1, -0.05) is 42.8 Å². The SMILES string of the molecule is CCc1ccc(N2C(=O)CS[C@H]2c2ccc(NS(=O)(=O)c3ccc(Cl)cc3)cc2)cc1. The second kappa shape index (κ2) is 8.94. The summed E-state index contributed by atoms with van der Waals surface area (Å²) >= 11 is 7.40. The van der Waals surface area contributed by atoms with Crippen LogP contribution >= 0.6 is 23.4 Å². The number of amides is 1. The van der Waals surface area contributed by atoms with E-state index < -0.39 is 10.0 Å². The summed E-state index contributed by atoms with van der Waals surface area (Å²) in [4.78, 5) is 14.5. The molecule has 5 nitrogen and oxygen atoms in total. The van der Waals surface area contributed by atoms with Crippen LogP contribution in [0.15, 0.2) is 77.7 Å². The van der Waals surface area contributed by atoms with Crippen LogP contribution in [0.25, 0.3) is 0 Å². The summed E-state index contributed by atoms with van der Waals surface area (Å²) in [5.74, 6) is 0.470. The Balaban J connectivity index is 1.54. The standard InChI is InChI=1S/C23H21ClN2O3S2/c1-2-16-3-11-20(12-4-16)26-22(27)15-30-23(26)17-5-9-19(10-6-17)25-31(28,29)21-13-7-18(24)8-14-21/h3-14,23,25H,2,15H2,1H3/t23-/m0/s1. The lowest BCUT2D eigenvalue weighted by atomic mass is 10.1. The second-order valence-corrected chi connectivity index (χ2v) is 10.3. The summed E-state index contributed by atoms with van der Waals surface area (Å²) in [7, 11) is -3.71. The molecule has 1 N–H and O–H groups in total. The molecule has 1 atom stereocenters. The normalized spacial score (nSPS) is 16.5. The Labute approximate surface area is 191 Å². The Bertz CT molecular complexity index is 1180. The Hall–Kier alpha value is -2.48. The highest BCUT2D eigenvalue weighted by molar-refractivity contribution is 8.00. The number of benzene rings is 3. The van der Waals surface area contributed by atoms with E-state index in [0.717, 1.165) is 17.7 Å². The minimum absolute atomic E-state index is 0.0618. The van der Waals surface area contributed by atoms with Crippen molar-refractivity contribution >= 4 is 50.7 Å². The Morgan fingerprint density at radius 1 is 1.00 bits per heavy atom. The number of anilines is 2. The van der Waals surface area contributed by atoms with Gasteiger partial charge < -0.3 is 0 Å². The van der Waals surface area contributed by atoms with Crippen molar-refractivity contribution in [2.75, 3.05) is 15.4 Å². The van der Waals surface area contributed by atoms with Gasteiger partial charge >= 0.3 is 0 Å². The maximum Gasteiger partial charge on any atom is 0.261 e. The molecule has 4 rings (SSSR count). The average molecular weight is 473 g/mol. The third-order valence-corrected chi connectivity index (χ3v) is 7.92. The lowest BCUT2D eigenvalue weighted by Crippen LogP contribution is -2.27. The number of nitrogens with zero attached hydrogens (tertiary/aromatic N) is 1. The number of carbonyl (C=O) groups is 1. The zero-order valence-corrected chi connectivity index (χ0v) is 19.2. The van der Waals surface area contributed by atoms with Crippen LogP contribution in [0.5, 0.6) is 0 Å². The van der Waals surface area contributed by atoms with Crippen molar-refractivity contribution in [2.24, 2.45) is 0 Å². The summed E-state index contributed by atoms with van der Waals surface area (Å²) in [5.41, 5.74) is 3.47. The molecule has 1 aliphatic heterocycles. The van der Waals surface area contributed by atoms with E-state index >= 15 is 0 Å². The molecule has 1 saturated heterocycles. The first-order chi connectivity index (χ1) is 14.9. The Morgan fingerprint density at radius 2 is 1.65 bits per heavy atom. The van der Waals surface area contributed by atoms with Crippen LogP contribution in [0.3, 0.4) is 0 Å². The van der Waals surface area contributed by atoms with Crippen LogP contribution < -0.4 is 9.62 Å². The van der Waals surface area contributed by atoms with E-state index in [4.69, 9.17) is 11.6 Å². The van der Waals surface area contributed by atoms with Gasteiger partial charge in [-0.3, -0.25) is 14.4 Å². The summed E-state index contributed by atoms with van der Waals surface area (Å²) in [6.07, 6.45) is 0.944. The van der Waals surface area contributed by atoms with Crippen LogP contribution in [0.4, 0.5) is 11.4 Å². The van der Waals surface area contributed by atoms with Crippen molar-refractivity contribution in [2.45, 2.75) is 23.6 Å². The zero-order valence-electron chi connectivity index (χ0n) is 16.8. The summed E-state index contributed by atoms with van der Waals surface area (Å²) in [6, 6.07) is 21.2. The van der Waals surface area contributed by atoms with Crippen molar-refractivity contribution < 1.29 is 13.2 Å². The highest BCUT2D eigenvalue weighted by Gasteiger charge is 2.34. The molecule has 160 valence electrons. The van der Waals surface area contributed by atoms with Gasteiger partial charge in [-0.15, -0.1) is 11.8 Å². The van der Waals surface area contributed by atoms with Crippen molar-refractivity contribution in [3.05, 3.63) is 88.9 Å². The van der Waals surface area contributed by atoms with E-state index in [2.05, 4.69) is 11.6 Å². The molecular weight excluding hydrogens is 452 g/mol. The molecule has 0 unspecified atom stereocenters. The van der Waals surface area contributed by atoms with E-state index in [1.165, 1.54) is 29.8 Å². The third-order valence-electron chi connectivity index (χ3n) is 5.06. The molecule has 1 amide bonds. The zero-order chi connectivity index (χ0) is 22.0. The quantitative estimate of drug-likeness (QED) is 0.515. The van der Waals surface area contributed by atoms with Gasteiger partial charge in [-0.25, -0.2) is 8.42 Å². The topological polar surface area (TPSA) is 66.5 Å². The molecule has 31 heavy (non-hydrogen) atoms. The molecule has 0 radical (unpaired) electrons. The van der Waals surface area contributed by atoms with Crippen molar-refractivity contribution in [1.29, 1.82) is 0 Å². The molecular formula is C23H21ClN2O3S2. The van der Waals surface area contributed by atoms with Crippen LogP contribution in [-0.2, 0) is 21.2 Å². The fraction of sp³-hybridized carbons (Fsp3) is 0.174. The lowest BCUT2D eigenvalue weighted by molar-refractivity contribution is -0.115. The number of thioether (sulfide) groups is 1. The second-order valence-electron chi connectivity index (χ2n) is 7.13. The molecule has 0 saturated carbocycles. The molecule has 1 heterocycles.